The van der Waals surface area contributed by atoms with Gasteiger partial charge in [-0.1, -0.05) is 41.5 Å². The summed E-state index contributed by atoms with van der Waals surface area (Å²) >= 11 is 0. The number of phenols is 1. The summed E-state index contributed by atoms with van der Waals surface area (Å²) in [5.41, 5.74) is 2.81. The summed E-state index contributed by atoms with van der Waals surface area (Å²) in [6, 6.07) is 3.32. The Hall–Kier alpha value is -2.61. The van der Waals surface area contributed by atoms with E-state index in [1.54, 1.807) is 12.1 Å². The molecule has 36 heavy (non-hydrogen) atoms. The van der Waals surface area contributed by atoms with Gasteiger partial charge in [-0.15, -0.1) is 0 Å². The number of allylic oxidation sites excluding steroid dienone is 1. The molecule has 10 heteroatoms. The lowest BCUT2D eigenvalue weighted by Gasteiger charge is -2.28. The van der Waals surface area contributed by atoms with Gasteiger partial charge in [-0.25, -0.2) is 0 Å². The van der Waals surface area contributed by atoms with Crippen molar-refractivity contribution in [2.24, 2.45) is 0 Å². The van der Waals surface area contributed by atoms with E-state index >= 15 is 0 Å². The zero-order valence-corrected chi connectivity index (χ0v) is 22.7. The number of rotatable bonds is 5. The van der Waals surface area contributed by atoms with Crippen molar-refractivity contribution in [1.82, 2.24) is 14.7 Å². The fraction of sp³-hybridized carbons (Fsp3) is 0.538. The van der Waals surface area contributed by atoms with Crippen molar-refractivity contribution in [1.29, 1.82) is 0 Å². The number of Topliss-reactive ketones (excluding diaryl/α,β-unsaturated/α-hetero) is 1. The summed E-state index contributed by atoms with van der Waals surface area (Å²) in [4.78, 5) is 48.5. The van der Waals surface area contributed by atoms with Crippen LogP contribution in [0.25, 0.3) is 0 Å². The number of benzene rings is 1. The molecule has 0 atom stereocenters. The van der Waals surface area contributed by atoms with E-state index in [0.29, 0.717) is 22.8 Å². The average Bonchev–Trinajstić information content (AvgIpc) is 3.60. The van der Waals surface area contributed by atoms with Gasteiger partial charge in [0.1, 0.15) is 22.9 Å². The Labute approximate surface area is 213 Å². The van der Waals surface area contributed by atoms with Crippen molar-refractivity contribution in [2.45, 2.75) is 52.4 Å². The highest BCUT2D eigenvalue weighted by molar-refractivity contribution is 7.39. The summed E-state index contributed by atoms with van der Waals surface area (Å²) in [6.07, 6.45) is 1.52. The van der Waals surface area contributed by atoms with Gasteiger partial charge in [-0.05, 0) is 23.0 Å². The maximum atomic E-state index is 12.4. The molecule has 0 saturated carbocycles. The smallest absolute Gasteiger partial charge is 0.391 e. The first kappa shape index (κ1) is 26.5. The van der Waals surface area contributed by atoms with E-state index in [2.05, 4.69) is 0 Å². The number of aromatic hydroxyl groups is 1. The number of carbonyl (C=O) groups is 2. The zero-order valence-electron chi connectivity index (χ0n) is 21.8. The molecule has 3 N–H and O–H groups in total. The highest BCUT2D eigenvalue weighted by atomic mass is 31.2. The van der Waals surface area contributed by atoms with Crippen LogP contribution in [0.5, 0.6) is 11.5 Å². The highest BCUT2D eigenvalue weighted by Crippen LogP contribution is 2.43. The van der Waals surface area contributed by atoms with E-state index in [0.717, 1.165) is 50.4 Å². The van der Waals surface area contributed by atoms with Crippen molar-refractivity contribution in [3.05, 3.63) is 46.4 Å². The van der Waals surface area contributed by atoms with Crippen LogP contribution >= 0.6 is 8.60 Å². The van der Waals surface area contributed by atoms with E-state index < -0.39 is 8.60 Å². The first-order chi connectivity index (χ1) is 16.7. The van der Waals surface area contributed by atoms with Gasteiger partial charge in [0.25, 0.3) is 0 Å². The molecule has 0 spiro atoms. The molecule has 0 aromatic heterocycles. The fourth-order valence-electron chi connectivity index (χ4n) is 4.17. The molecule has 5 rings (SSSR count). The summed E-state index contributed by atoms with van der Waals surface area (Å²) in [5, 5.41) is 10.4. The van der Waals surface area contributed by atoms with Gasteiger partial charge in [0, 0.05) is 56.5 Å². The molecule has 4 aliphatic rings. The Kier molecular flexibility index (Phi) is 6.88. The summed E-state index contributed by atoms with van der Waals surface area (Å²) in [6.45, 7) is 17.3. The van der Waals surface area contributed by atoms with Crippen molar-refractivity contribution < 1.29 is 29.0 Å². The molecule has 0 bridgehead atoms. The monoisotopic (exact) mass is 517 g/mol. The molecule has 3 aliphatic heterocycles. The normalized spacial score (nSPS) is 19.4. The van der Waals surface area contributed by atoms with Gasteiger partial charge < -0.3 is 34.1 Å². The Morgan fingerprint density at radius 1 is 0.778 bits per heavy atom. The van der Waals surface area contributed by atoms with Gasteiger partial charge in [0.05, 0.1) is 5.70 Å². The second-order valence-electron chi connectivity index (χ2n) is 11.6. The lowest BCUT2D eigenvalue weighted by Crippen LogP contribution is -2.29. The number of hydrogen-bond acceptors (Lipinski definition) is 9. The van der Waals surface area contributed by atoms with E-state index in [1.807, 2.05) is 56.2 Å². The number of hydrogen-bond donors (Lipinski definition) is 3. The quantitative estimate of drug-likeness (QED) is 0.308. The first-order valence-electron chi connectivity index (χ1n) is 12.2. The zero-order chi connectivity index (χ0) is 26.6. The van der Waals surface area contributed by atoms with Gasteiger partial charge in [-0.3, -0.25) is 9.59 Å². The Bertz CT molecular complexity index is 1100. The van der Waals surface area contributed by atoms with Crippen LogP contribution < -0.4 is 4.52 Å². The molecule has 3 heterocycles. The maximum absolute atomic E-state index is 12.4. The van der Waals surface area contributed by atoms with Gasteiger partial charge in [-0.2, -0.15) is 0 Å². The standard InChI is InChI=1S/C14H23O4P.C12H13N3O2/c1-13(2,3)10-7-9(18-19(16)17)8-11(12(10)15)14(4,5)6;16-9-7-8(13-1-2-13)12(17)11(15-5-6-15)10(9)14-3-4-14/h7-8,15-17H,1-6H3;7H,1-6H2. The predicted molar refractivity (Wildman–Crippen MR) is 137 cm³/mol. The molecule has 1 aromatic rings. The van der Waals surface area contributed by atoms with Crippen LogP contribution in [-0.4, -0.2) is 80.4 Å². The van der Waals surface area contributed by atoms with E-state index in [9.17, 15) is 14.7 Å². The lowest BCUT2D eigenvalue weighted by molar-refractivity contribution is -0.117. The molecular formula is C26H36N3O6P. The number of nitrogens with zero attached hydrogens (tertiary/aromatic N) is 3. The highest BCUT2D eigenvalue weighted by Gasteiger charge is 2.43. The molecule has 196 valence electrons. The van der Waals surface area contributed by atoms with Crippen LogP contribution in [0.1, 0.15) is 52.7 Å². The minimum atomic E-state index is -2.46. The number of ketones is 2. The fourth-order valence-corrected chi connectivity index (χ4v) is 4.47. The van der Waals surface area contributed by atoms with Crippen molar-refractivity contribution in [3.63, 3.8) is 0 Å². The van der Waals surface area contributed by atoms with Crippen molar-refractivity contribution in [3.8, 4) is 11.5 Å². The molecule has 0 amide bonds. The Morgan fingerprint density at radius 3 is 1.61 bits per heavy atom. The van der Waals surface area contributed by atoms with Crippen LogP contribution in [-0.2, 0) is 20.4 Å². The summed E-state index contributed by atoms with van der Waals surface area (Å²) in [7, 11) is -2.46. The minimum absolute atomic E-state index is 0.00546. The van der Waals surface area contributed by atoms with Crippen LogP contribution in [0.2, 0.25) is 0 Å². The second kappa shape index (κ2) is 9.36. The van der Waals surface area contributed by atoms with Gasteiger partial charge in [0.2, 0.25) is 11.6 Å². The van der Waals surface area contributed by atoms with Crippen molar-refractivity contribution in [2.75, 3.05) is 39.3 Å². The molecule has 3 fully saturated rings. The van der Waals surface area contributed by atoms with Crippen LogP contribution in [0.4, 0.5) is 0 Å². The molecule has 9 nitrogen and oxygen atoms in total. The topological polar surface area (TPSA) is 113 Å². The summed E-state index contributed by atoms with van der Waals surface area (Å²) < 4.78 is 5.01. The molecule has 3 saturated heterocycles. The maximum Gasteiger partial charge on any atom is 0.391 e. The third-order valence-electron chi connectivity index (χ3n) is 6.37. The van der Waals surface area contributed by atoms with E-state index in [-0.39, 0.29) is 28.1 Å². The minimum Gasteiger partial charge on any atom is -0.507 e. The predicted octanol–water partition coefficient (Wildman–Crippen LogP) is 2.76. The number of phenolic OH excluding ortho intramolecular Hbond substituents is 1. The van der Waals surface area contributed by atoms with E-state index in [1.165, 1.54) is 6.08 Å². The van der Waals surface area contributed by atoms with Gasteiger partial charge in [0.15, 0.2) is 0 Å². The third-order valence-corrected chi connectivity index (χ3v) is 6.75. The molecule has 0 unspecified atom stereocenters. The molecule has 0 radical (unpaired) electrons. The van der Waals surface area contributed by atoms with E-state index in [4.69, 9.17) is 14.3 Å². The largest absolute Gasteiger partial charge is 0.507 e. The van der Waals surface area contributed by atoms with Crippen LogP contribution in [0.3, 0.4) is 0 Å². The number of carbonyl (C=O) groups excluding carboxylic acids is 2. The molecule has 1 aromatic carbocycles. The molecular weight excluding hydrogens is 481 g/mol. The van der Waals surface area contributed by atoms with Crippen LogP contribution in [0, 0.1) is 0 Å². The second-order valence-corrected chi connectivity index (χ2v) is 12.3. The van der Waals surface area contributed by atoms with Crippen LogP contribution in [0.15, 0.2) is 35.3 Å². The third kappa shape index (κ3) is 5.85. The Morgan fingerprint density at radius 2 is 1.22 bits per heavy atom. The SMILES string of the molecule is CC(C)(C)c1cc(OP(O)O)cc(C(C)(C)C)c1O.O=C1C=C(N2CC2)C(=O)C(N2CC2)=C1N1CC1. The van der Waals surface area contributed by atoms with Gasteiger partial charge >= 0.3 is 8.60 Å². The summed E-state index contributed by atoms with van der Waals surface area (Å²) in [5.74, 6) is 0.656. The lowest BCUT2D eigenvalue weighted by atomic mass is 9.79. The molecule has 1 aliphatic carbocycles. The first-order valence-corrected chi connectivity index (χ1v) is 13.4. The van der Waals surface area contributed by atoms with Crippen molar-refractivity contribution >= 4 is 20.2 Å². The Balaban J connectivity index is 0.000000169. The average molecular weight is 518 g/mol.